The summed E-state index contributed by atoms with van der Waals surface area (Å²) >= 11 is 0. The lowest BCUT2D eigenvalue weighted by Gasteiger charge is -2.18. The Balaban J connectivity index is 1.90. The van der Waals surface area contributed by atoms with E-state index in [9.17, 15) is 0 Å². The first-order chi connectivity index (χ1) is 9.43. The summed E-state index contributed by atoms with van der Waals surface area (Å²) in [6, 6.07) is 8.77. The van der Waals surface area contributed by atoms with Crippen molar-refractivity contribution < 1.29 is 0 Å². The van der Waals surface area contributed by atoms with Crippen LogP contribution in [0.15, 0.2) is 24.3 Å². The highest BCUT2D eigenvalue weighted by Crippen LogP contribution is 2.25. The second-order valence-corrected chi connectivity index (χ2v) is 6.66. The summed E-state index contributed by atoms with van der Waals surface area (Å²) in [5.74, 6) is 1.87. The molecule has 4 heteroatoms. The Kier molecular flexibility index (Phi) is 3.13. The normalized spacial score (nSPS) is 18.9. The van der Waals surface area contributed by atoms with Crippen molar-refractivity contribution in [1.82, 2.24) is 14.8 Å². The highest BCUT2D eigenvalue weighted by Gasteiger charge is 2.20. The molecule has 1 atom stereocenters. The van der Waals surface area contributed by atoms with E-state index >= 15 is 0 Å². The molecule has 0 spiro atoms. The number of aryl methyl sites for hydroxylation is 1. The van der Waals surface area contributed by atoms with Crippen LogP contribution in [0.3, 0.4) is 0 Å². The van der Waals surface area contributed by atoms with E-state index in [0.29, 0.717) is 0 Å². The van der Waals surface area contributed by atoms with E-state index in [1.807, 2.05) is 4.68 Å². The summed E-state index contributed by atoms with van der Waals surface area (Å²) in [4.78, 5) is 4.64. The van der Waals surface area contributed by atoms with Gasteiger partial charge in [0.1, 0.15) is 5.82 Å². The van der Waals surface area contributed by atoms with Crippen LogP contribution in [0.25, 0.3) is 11.4 Å². The van der Waals surface area contributed by atoms with Crippen molar-refractivity contribution in [3.63, 3.8) is 0 Å². The average Bonchev–Trinajstić information content (AvgIpc) is 2.80. The topological polar surface area (TPSA) is 56.7 Å². The van der Waals surface area contributed by atoms with Crippen LogP contribution >= 0.6 is 0 Å². The van der Waals surface area contributed by atoms with Gasteiger partial charge in [-0.15, -0.1) is 0 Å². The van der Waals surface area contributed by atoms with Crippen LogP contribution in [-0.2, 0) is 18.4 Å². The predicted molar refractivity (Wildman–Crippen MR) is 80.5 cm³/mol. The first-order valence-corrected chi connectivity index (χ1v) is 7.24. The summed E-state index contributed by atoms with van der Waals surface area (Å²) in [5, 5.41) is 4.59. The molecule has 1 aromatic heterocycles. The molecule has 2 N–H and O–H groups in total. The summed E-state index contributed by atoms with van der Waals surface area (Å²) < 4.78 is 1.96. The van der Waals surface area contributed by atoms with Gasteiger partial charge < -0.3 is 5.73 Å². The zero-order valence-corrected chi connectivity index (χ0v) is 12.4. The van der Waals surface area contributed by atoms with Gasteiger partial charge in [-0.05, 0) is 17.4 Å². The highest BCUT2D eigenvalue weighted by molar-refractivity contribution is 5.55. The zero-order chi connectivity index (χ0) is 14.3. The number of aromatic nitrogens is 3. The van der Waals surface area contributed by atoms with Gasteiger partial charge in [-0.25, -0.2) is 9.67 Å². The molecule has 0 bridgehead atoms. The second kappa shape index (κ2) is 4.70. The van der Waals surface area contributed by atoms with Gasteiger partial charge in [0.2, 0.25) is 0 Å². The van der Waals surface area contributed by atoms with E-state index in [1.54, 1.807) is 0 Å². The molecular weight excluding hydrogens is 248 g/mol. The van der Waals surface area contributed by atoms with E-state index in [0.717, 1.165) is 36.6 Å². The fourth-order valence-electron chi connectivity index (χ4n) is 2.58. The SMILES string of the molecule is CC(C)(C)c1ccc(-c2nc3n(n2)CC(N)CC3)cc1. The lowest BCUT2D eigenvalue weighted by atomic mass is 9.87. The molecule has 0 saturated heterocycles. The third kappa shape index (κ3) is 2.48. The van der Waals surface area contributed by atoms with E-state index in [1.165, 1.54) is 5.56 Å². The minimum atomic E-state index is 0.173. The van der Waals surface area contributed by atoms with Gasteiger partial charge in [-0.1, -0.05) is 45.0 Å². The van der Waals surface area contributed by atoms with Crippen LogP contribution in [0.1, 0.15) is 38.6 Å². The van der Waals surface area contributed by atoms with Crippen LogP contribution in [0.4, 0.5) is 0 Å². The van der Waals surface area contributed by atoms with E-state index < -0.39 is 0 Å². The molecule has 2 aromatic rings. The molecule has 106 valence electrons. The standard InChI is InChI=1S/C16H22N4/c1-16(2,3)12-6-4-11(5-7-12)15-18-14-9-8-13(17)10-20(14)19-15/h4-7,13H,8-10,17H2,1-3H3. The first kappa shape index (κ1) is 13.3. The maximum Gasteiger partial charge on any atom is 0.181 e. The van der Waals surface area contributed by atoms with Gasteiger partial charge in [0.15, 0.2) is 5.82 Å². The highest BCUT2D eigenvalue weighted by atomic mass is 15.4. The summed E-state index contributed by atoms with van der Waals surface area (Å²) in [6.45, 7) is 7.44. The molecule has 4 nitrogen and oxygen atoms in total. The van der Waals surface area contributed by atoms with Crippen LogP contribution in [0, 0.1) is 0 Å². The number of fused-ring (bicyclic) bond motifs is 1. The molecule has 1 aliphatic heterocycles. The lowest BCUT2D eigenvalue weighted by Crippen LogP contribution is -2.32. The summed E-state index contributed by atoms with van der Waals surface area (Å²) in [5.41, 5.74) is 8.55. The Labute approximate surface area is 120 Å². The Morgan fingerprint density at radius 2 is 1.90 bits per heavy atom. The van der Waals surface area contributed by atoms with Gasteiger partial charge in [0.25, 0.3) is 0 Å². The van der Waals surface area contributed by atoms with Gasteiger partial charge >= 0.3 is 0 Å². The number of rotatable bonds is 1. The minimum Gasteiger partial charge on any atom is -0.326 e. The Hall–Kier alpha value is -1.68. The Bertz CT molecular complexity index is 604. The Morgan fingerprint density at radius 1 is 1.20 bits per heavy atom. The Morgan fingerprint density at radius 3 is 2.55 bits per heavy atom. The smallest absolute Gasteiger partial charge is 0.181 e. The number of nitrogens with two attached hydrogens (primary N) is 1. The number of benzene rings is 1. The molecule has 3 rings (SSSR count). The molecule has 1 aromatic carbocycles. The van der Waals surface area contributed by atoms with E-state index in [4.69, 9.17) is 5.73 Å². The van der Waals surface area contributed by atoms with Crippen molar-refractivity contribution in [2.24, 2.45) is 5.73 Å². The van der Waals surface area contributed by atoms with Crippen LogP contribution in [0.5, 0.6) is 0 Å². The van der Waals surface area contributed by atoms with Crippen molar-refractivity contribution in [3.05, 3.63) is 35.7 Å². The average molecular weight is 270 g/mol. The maximum atomic E-state index is 5.98. The quantitative estimate of drug-likeness (QED) is 0.866. The number of hydrogen-bond donors (Lipinski definition) is 1. The van der Waals surface area contributed by atoms with Gasteiger partial charge in [-0.2, -0.15) is 5.10 Å². The fourth-order valence-corrected chi connectivity index (χ4v) is 2.58. The van der Waals surface area contributed by atoms with Gasteiger partial charge in [0.05, 0.1) is 6.54 Å². The molecule has 1 unspecified atom stereocenters. The molecule has 20 heavy (non-hydrogen) atoms. The fraction of sp³-hybridized carbons (Fsp3) is 0.500. The second-order valence-electron chi connectivity index (χ2n) is 6.66. The predicted octanol–water partition coefficient (Wildman–Crippen LogP) is 2.52. The third-order valence-corrected chi connectivity index (χ3v) is 3.90. The molecule has 1 aliphatic rings. The van der Waals surface area contributed by atoms with Crippen molar-refractivity contribution in [2.75, 3.05) is 0 Å². The molecule has 0 saturated carbocycles. The molecule has 0 amide bonds. The first-order valence-electron chi connectivity index (χ1n) is 7.24. The maximum absolute atomic E-state index is 5.98. The van der Waals surface area contributed by atoms with Crippen molar-refractivity contribution in [3.8, 4) is 11.4 Å². The van der Waals surface area contributed by atoms with Crippen molar-refractivity contribution in [1.29, 1.82) is 0 Å². The van der Waals surface area contributed by atoms with Crippen LogP contribution in [-0.4, -0.2) is 20.8 Å². The summed E-state index contributed by atoms with van der Waals surface area (Å²) in [7, 11) is 0. The van der Waals surface area contributed by atoms with Gasteiger partial charge in [0, 0.05) is 18.0 Å². The largest absolute Gasteiger partial charge is 0.326 e. The molecule has 0 fully saturated rings. The number of hydrogen-bond acceptors (Lipinski definition) is 3. The molecule has 0 aliphatic carbocycles. The molecule has 0 radical (unpaired) electrons. The minimum absolute atomic E-state index is 0.173. The van der Waals surface area contributed by atoms with Crippen LogP contribution < -0.4 is 5.73 Å². The third-order valence-electron chi connectivity index (χ3n) is 3.90. The molecule has 2 heterocycles. The monoisotopic (exact) mass is 270 g/mol. The van der Waals surface area contributed by atoms with Crippen molar-refractivity contribution in [2.45, 2.75) is 51.6 Å². The lowest BCUT2D eigenvalue weighted by molar-refractivity contribution is 0.422. The van der Waals surface area contributed by atoms with E-state index in [2.05, 4.69) is 55.1 Å². The summed E-state index contributed by atoms with van der Waals surface area (Å²) in [6.07, 6.45) is 1.93. The zero-order valence-electron chi connectivity index (χ0n) is 12.4. The van der Waals surface area contributed by atoms with Gasteiger partial charge in [-0.3, -0.25) is 0 Å². The van der Waals surface area contributed by atoms with E-state index in [-0.39, 0.29) is 11.5 Å². The molecular formula is C16H22N4. The number of nitrogens with zero attached hydrogens (tertiary/aromatic N) is 3. The van der Waals surface area contributed by atoms with Crippen LogP contribution in [0.2, 0.25) is 0 Å². The van der Waals surface area contributed by atoms with Crippen molar-refractivity contribution >= 4 is 0 Å².